The third-order valence-corrected chi connectivity index (χ3v) is 6.34. The molecule has 0 aliphatic rings. The molecular formula is C19H24Cl2N4O2S. The Labute approximate surface area is 176 Å². The normalized spacial score (nSPS) is 12.3. The molecular weight excluding hydrogens is 419 g/mol. The third-order valence-electron chi connectivity index (χ3n) is 3.93. The van der Waals surface area contributed by atoms with Crippen LogP contribution in [0.25, 0.3) is 0 Å². The lowest BCUT2D eigenvalue weighted by atomic mass is 10.2. The average Bonchev–Trinajstić information content (AvgIpc) is 2.65. The number of guanidine groups is 1. The molecule has 0 aromatic heterocycles. The van der Waals surface area contributed by atoms with Gasteiger partial charge in [0.1, 0.15) is 0 Å². The van der Waals surface area contributed by atoms with E-state index >= 15 is 0 Å². The Morgan fingerprint density at radius 2 is 1.75 bits per heavy atom. The monoisotopic (exact) mass is 442 g/mol. The van der Waals surface area contributed by atoms with Gasteiger partial charge in [0.05, 0.1) is 11.4 Å². The van der Waals surface area contributed by atoms with Gasteiger partial charge >= 0.3 is 0 Å². The molecule has 0 bridgehead atoms. The summed E-state index contributed by atoms with van der Waals surface area (Å²) in [5.41, 5.74) is 1.81. The predicted octanol–water partition coefficient (Wildman–Crippen LogP) is 3.50. The summed E-state index contributed by atoms with van der Waals surface area (Å²) in [6.45, 7) is 3.60. The van der Waals surface area contributed by atoms with E-state index in [1.807, 2.05) is 13.0 Å². The molecule has 0 saturated carbocycles. The Morgan fingerprint density at radius 3 is 2.32 bits per heavy atom. The molecule has 0 aliphatic heterocycles. The highest BCUT2D eigenvalue weighted by atomic mass is 35.5. The minimum atomic E-state index is -3.43. The van der Waals surface area contributed by atoms with Gasteiger partial charge in [-0.15, -0.1) is 0 Å². The summed E-state index contributed by atoms with van der Waals surface area (Å²) in [6, 6.07) is 12.1. The van der Waals surface area contributed by atoms with E-state index in [9.17, 15) is 8.42 Å². The van der Waals surface area contributed by atoms with Crippen molar-refractivity contribution < 1.29 is 8.42 Å². The van der Waals surface area contributed by atoms with Crippen molar-refractivity contribution >= 4 is 39.2 Å². The minimum Gasteiger partial charge on any atom is -0.357 e. The highest BCUT2D eigenvalue weighted by Gasteiger charge is 2.16. The summed E-state index contributed by atoms with van der Waals surface area (Å²) in [6.07, 6.45) is 0. The van der Waals surface area contributed by atoms with Gasteiger partial charge in [-0.1, -0.05) is 41.4 Å². The molecule has 2 rings (SSSR count). The van der Waals surface area contributed by atoms with E-state index in [2.05, 4.69) is 15.6 Å². The van der Waals surface area contributed by atoms with Gasteiger partial charge in [0.25, 0.3) is 0 Å². The van der Waals surface area contributed by atoms with Gasteiger partial charge in [0, 0.05) is 37.2 Å². The molecule has 0 saturated heterocycles. The second-order valence-electron chi connectivity index (χ2n) is 6.22. The quantitative estimate of drug-likeness (QED) is 0.508. The first kappa shape index (κ1) is 22.5. The summed E-state index contributed by atoms with van der Waals surface area (Å²) >= 11 is 12.1. The Bertz CT molecular complexity index is 929. The molecule has 0 amide bonds. The largest absolute Gasteiger partial charge is 0.357 e. The number of halogens is 2. The van der Waals surface area contributed by atoms with Crippen molar-refractivity contribution in [3.63, 3.8) is 0 Å². The van der Waals surface area contributed by atoms with Crippen molar-refractivity contribution in [2.24, 2.45) is 4.99 Å². The fourth-order valence-corrected chi connectivity index (χ4v) is 3.71. The average molecular weight is 443 g/mol. The number of sulfonamides is 1. The van der Waals surface area contributed by atoms with Crippen LogP contribution >= 0.6 is 23.2 Å². The molecule has 9 heteroatoms. The molecule has 0 fully saturated rings. The lowest BCUT2D eigenvalue weighted by molar-refractivity contribution is 0.520. The van der Waals surface area contributed by atoms with E-state index in [1.54, 1.807) is 36.4 Å². The molecule has 0 spiro atoms. The molecule has 2 aromatic carbocycles. The van der Waals surface area contributed by atoms with Crippen LogP contribution in [0.5, 0.6) is 0 Å². The van der Waals surface area contributed by atoms with Gasteiger partial charge < -0.3 is 10.6 Å². The van der Waals surface area contributed by atoms with Crippen LogP contribution in [0.4, 0.5) is 0 Å². The number of hydrogen-bond acceptors (Lipinski definition) is 3. The summed E-state index contributed by atoms with van der Waals surface area (Å²) in [5, 5.41) is 7.58. The number of aliphatic imine (C=N–C) groups is 1. The van der Waals surface area contributed by atoms with Crippen LogP contribution in [-0.2, 0) is 23.1 Å². The smallest absolute Gasteiger partial charge is 0.242 e. The highest BCUT2D eigenvalue weighted by molar-refractivity contribution is 7.89. The van der Waals surface area contributed by atoms with Gasteiger partial charge in [-0.2, -0.15) is 0 Å². The second-order valence-corrected chi connectivity index (χ2v) is 9.21. The van der Waals surface area contributed by atoms with E-state index in [-0.39, 0.29) is 4.90 Å². The van der Waals surface area contributed by atoms with Crippen LogP contribution in [0.2, 0.25) is 10.0 Å². The van der Waals surface area contributed by atoms with Crippen molar-refractivity contribution in [1.82, 2.24) is 14.9 Å². The predicted molar refractivity (Wildman–Crippen MR) is 115 cm³/mol. The van der Waals surface area contributed by atoms with Crippen molar-refractivity contribution in [2.75, 3.05) is 20.6 Å². The van der Waals surface area contributed by atoms with E-state index in [0.717, 1.165) is 11.1 Å². The molecule has 0 unspecified atom stereocenters. The van der Waals surface area contributed by atoms with Crippen LogP contribution < -0.4 is 10.6 Å². The molecule has 152 valence electrons. The maximum absolute atomic E-state index is 12.1. The zero-order valence-electron chi connectivity index (χ0n) is 16.0. The molecule has 0 atom stereocenters. The van der Waals surface area contributed by atoms with Crippen LogP contribution in [-0.4, -0.2) is 39.3 Å². The standard InChI is InChI=1S/C19H24Cl2N4O2S/c1-4-22-19(24-13-15-7-8-16(20)11-18(15)21)23-12-14-5-9-17(10-6-14)28(26,27)25(2)3/h5-11H,4,12-13H2,1-3H3,(H2,22,23,24). The van der Waals surface area contributed by atoms with Gasteiger partial charge in [-0.3, -0.25) is 0 Å². The summed E-state index contributed by atoms with van der Waals surface area (Å²) in [7, 11) is -0.412. The number of nitrogens with one attached hydrogen (secondary N) is 2. The van der Waals surface area contributed by atoms with Gasteiger partial charge in [-0.25, -0.2) is 17.7 Å². The Balaban J connectivity index is 2.05. The second kappa shape index (κ2) is 10.1. The van der Waals surface area contributed by atoms with Gasteiger partial charge in [0.2, 0.25) is 10.0 Å². The van der Waals surface area contributed by atoms with Gasteiger partial charge in [0.15, 0.2) is 5.96 Å². The molecule has 0 aliphatic carbocycles. The summed E-state index contributed by atoms with van der Waals surface area (Å²) < 4.78 is 25.4. The van der Waals surface area contributed by atoms with Crippen LogP contribution in [0, 0.1) is 0 Å². The van der Waals surface area contributed by atoms with Crippen LogP contribution in [0.15, 0.2) is 52.4 Å². The fourth-order valence-electron chi connectivity index (χ4n) is 2.33. The lowest BCUT2D eigenvalue weighted by Crippen LogP contribution is -2.36. The van der Waals surface area contributed by atoms with Crippen molar-refractivity contribution in [3.05, 3.63) is 63.6 Å². The van der Waals surface area contributed by atoms with E-state index in [1.165, 1.54) is 18.4 Å². The van der Waals surface area contributed by atoms with Crippen LogP contribution in [0.3, 0.4) is 0 Å². The van der Waals surface area contributed by atoms with Crippen molar-refractivity contribution in [2.45, 2.75) is 24.9 Å². The topological polar surface area (TPSA) is 73.8 Å². The zero-order valence-corrected chi connectivity index (χ0v) is 18.4. The molecule has 6 nitrogen and oxygen atoms in total. The fraction of sp³-hybridized carbons (Fsp3) is 0.316. The molecule has 2 aromatic rings. The van der Waals surface area contributed by atoms with E-state index in [0.29, 0.717) is 35.6 Å². The number of rotatable bonds is 7. The first-order chi connectivity index (χ1) is 13.2. The van der Waals surface area contributed by atoms with Crippen molar-refractivity contribution in [1.29, 1.82) is 0 Å². The summed E-state index contributed by atoms with van der Waals surface area (Å²) in [4.78, 5) is 4.80. The lowest BCUT2D eigenvalue weighted by Gasteiger charge is -2.13. The van der Waals surface area contributed by atoms with Crippen LogP contribution in [0.1, 0.15) is 18.1 Å². The molecule has 2 N–H and O–H groups in total. The van der Waals surface area contributed by atoms with Gasteiger partial charge in [-0.05, 0) is 42.3 Å². The van der Waals surface area contributed by atoms with E-state index in [4.69, 9.17) is 23.2 Å². The first-order valence-electron chi connectivity index (χ1n) is 8.71. The summed E-state index contributed by atoms with van der Waals surface area (Å²) in [5.74, 6) is 0.638. The first-order valence-corrected chi connectivity index (χ1v) is 10.9. The molecule has 28 heavy (non-hydrogen) atoms. The molecule has 0 heterocycles. The highest BCUT2D eigenvalue weighted by Crippen LogP contribution is 2.20. The third kappa shape index (κ3) is 6.10. The maximum atomic E-state index is 12.1. The Hall–Kier alpha value is -1.80. The number of hydrogen-bond donors (Lipinski definition) is 2. The zero-order chi connectivity index (χ0) is 20.7. The Morgan fingerprint density at radius 1 is 1.07 bits per heavy atom. The number of nitrogens with zero attached hydrogens (tertiary/aromatic N) is 2. The van der Waals surface area contributed by atoms with Crippen molar-refractivity contribution in [3.8, 4) is 0 Å². The van der Waals surface area contributed by atoms with E-state index < -0.39 is 10.0 Å². The molecule has 0 radical (unpaired) electrons. The Kier molecular flexibility index (Phi) is 8.12. The maximum Gasteiger partial charge on any atom is 0.242 e. The SMILES string of the molecule is CCNC(=NCc1ccc(S(=O)(=O)N(C)C)cc1)NCc1ccc(Cl)cc1Cl. The number of benzene rings is 2. The minimum absolute atomic E-state index is 0.257.